The molecule has 1 nitrogen and oxygen atoms in total. The summed E-state index contributed by atoms with van der Waals surface area (Å²) in [7, 11) is 0. The summed E-state index contributed by atoms with van der Waals surface area (Å²) < 4.78 is 0. The second-order valence-corrected chi connectivity index (χ2v) is 3.14. The Hall–Kier alpha value is -0.890. The van der Waals surface area contributed by atoms with E-state index in [1.807, 2.05) is 24.3 Å². The lowest BCUT2D eigenvalue weighted by molar-refractivity contribution is 0.474. The molecule has 1 aromatic carbocycles. The third-order valence-electron chi connectivity index (χ3n) is 1.99. The van der Waals surface area contributed by atoms with Crippen LogP contribution in [0.25, 0.3) is 0 Å². The monoisotopic (exact) mass is 192 g/mol. The van der Waals surface area contributed by atoms with Gasteiger partial charge in [0.15, 0.2) is 0 Å². The van der Waals surface area contributed by atoms with Gasteiger partial charge in [0, 0.05) is 18.7 Å². The van der Waals surface area contributed by atoms with Crippen molar-refractivity contribution < 1.29 is 0 Å². The smallest absolute Gasteiger partial charge is 0.109 e. The van der Waals surface area contributed by atoms with Crippen LogP contribution in [0.2, 0.25) is 0 Å². The molecule has 0 fully saturated rings. The van der Waals surface area contributed by atoms with Gasteiger partial charge in [0.25, 0.3) is 0 Å². The van der Waals surface area contributed by atoms with Crippen molar-refractivity contribution in [2.75, 3.05) is 13.1 Å². The predicted octanol–water partition coefficient (Wildman–Crippen LogP) is 2.50. The molecule has 2 heteroatoms. The van der Waals surface area contributed by atoms with Crippen LogP contribution in [-0.4, -0.2) is 23.0 Å². The molecule has 0 spiro atoms. The van der Waals surface area contributed by atoms with Crippen LogP contribution in [0.3, 0.4) is 0 Å². The quantitative estimate of drug-likeness (QED) is 0.677. The van der Waals surface area contributed by atoms with Gasteiger partial charge in [-0.3, -0.25) is 0 Å². The molecule has 1 radical (unpaired) electrons. The molecule has 0 bridgehead atoms. The van der Waals surface area contributed by atoms with Crippen LogP contribution in [0, 0.1) is 6.07 Å². The van der Waals surface area contributed by atoms with E-state index in [1.165, 1.54) is 0 Å². The molecule has 1 aromatic rings. The molecule has 0 unspecified atom stereocenters. The number of nitrogens with zero attached hydrogens (tertiary/aromatic N) is 1. The second kappa shape index (κ2) is 4.97. The molecule has 0 atom stereocenters. The summed E-state index contributed by atoms with van der Waals surface area (Å²) in [5.74, 6) is 0. The summed E-state index contributed by atoms with van der Waals surface area (Å²) in [6, 6.07) is 11.0. The van der Waals surface area contributed by atoms with Crippen molar-refractivity contribution in [3.8, 4) is 0 Å². The van der Waals surface area contributed by atoms with Gasteiger partial charge < -0.3 is 4.90 Å². The number of hydrogen-bond acceptors (Lipinski definition) is 1. The molecule has 0 aliphatic carbocycles. The Morgan fingerprint density at radius 2 is 2.08 bits per heavy atom. The SMILES string of the molecule is CCN(CC)C(=S)c1[c]cccc1. The van der Waals surface area contributed by atoms with Crippen molar-refractivity contribution in [1.29, 1.82) is 0 Å². The zero-order valence-corrected chi connectivity index (χ0v) is 8.90. The molecule has 0 aliphatic rings. The van der Waals surface area contributed by atoms with Crippen LogP contribution in [-0.2, 0) is 0 Å². The average molecular weight is 192 g/mol. The molecule has 69 valence electrons. The fraction of sp³-hybridized carbons (Fsp3) is 0.364. The van der Waals surface area contributed by atoms with E-state index in [-0.39, 0.29) is 0 Å². The lowest BCUT2D eigenvalue weighted by Crippen LogP contribution is -2.29. The molecule has 0 heterocycles. The fourth-order valence-electron chi connectivity index (χ4n) is 1.21. The minimum atomic E-state index is 0.894. The third kappa shape index (κ3) is 2.52. The van der Waals surface area contributed by atoms with E-state index in [1.54, 1.807) is 0 Å². The van der Waals surface area contributed by atoms with Crippen LogP contribution >= 0.6 is 12.2 Å². The van der Waals surface area contributed by atoms with Gasteiger partial charge in [0.2, 0.25) is 0 Å². The summed E-state index contributed by atoms with van der Waals surface area (Å²) in [5.41, 5.74) is 1.02. The van der Waals surface area contributed by atoms with Gasteiger partial charge in [0.05, 0.1) is 0 Å². The van der Waals surface area contributed by atoms with Crippen molar-refractivity contribution in [3.05, 3.63) is 35.9 Å². The van der Waals surface area contributed by atoms with E-state index >= 15 is 0 Å². The largest absolute Gasteiger partial charge is 0.363 e. The Kier molecular flexibility index (Phi) is 3.90. The van der Waals surface area contributed by atoms with Gasteiger partial charge in [-0.25, -0.2) is 0 Å². The summed E-state index contributed by atoms with van der Waals surface area (Å²) in [5, 5.41) is 0. The first-order chi connectivity index (χ1) is 6.29. The number of hydrogen-bond donors (Lipinski definition) is 0. The number of rotatable bonds is 3. The lowest BCUT2D eigenvalue weighted by atomic mass is 10.2. The van der Waals surface area contributed by atoms with Crippen LogP contribution in [0.4, 0.5) is 0 Å². The topological polar surface area (TPSA) is 3.24 Å². The van der Waals surface area contributed by atoms with E-state index in [2.05, 4.69) is 24.8 Å². The maximum Gasteiger partial charge on any atom is 0.109 e. The van der Waals surface area contributed by atoms with Crippen LogP contribution in [0.5, 0.6) is 0 Å². The number of benzene rings is 1. The first-order valence-corrected chi connectivity index (χ1v) is 4.96. The predicted molar refractivity (Wildman–Crippen MR) is 59.9 cm³/mol. The lowest BCUT2D eigenvalue weighted by Gasteiger charge is -2.21. The Labute approximate surface area is 85.4 Å². The highest BCUT2D eigenvalue weighted by atomic mass is 32.1. The highest BCUT2D eigenvalue weighted by molar-refractivity contribution is 7.80. The van der Waals surface area contributed by atoms with Gasteiger partial charge in [0.1, 0.15) is 4.99 Å². The molecule has 0 saturated heterocycles. The van der Waals surface area contributed by atoms with E-state index in [0.717, 1.165) is 23.6 Å². The van der Waals surface area contributed by atoms with Crippen molar-refractivity contribution >= 4 is 17.2 Å². The highest BCUT2D eigenvalue weighted by Crippen LogP contribution is 2.04. The molecular weight excluding hydrogens is 178 g/mol. The highest BCUT2D eigenvalue weighted by Gasteiger charge is 2.06. The zero-order chi connectivity index (χ0) is 9.68. The maximum absolute atomic E-state index is 5.33. The summed E-state index contributed by atoms with van der Waals surface area (Å²) in [4.78, 5) is 3.05. The van der Waals surface area contributed by atoms with Crippen molar-refractivity contribution in [2.45, 2.75) is 13.8 Å². The maximum atomic E-state index is 5.33. The normalized spacial score (nSPS) is 9.69. The van der Waals surface area contributed by atoms with Gasteiger partial charge in [-0.15, -0.1) is 0 Å². The minimum absolute atomic E-state index is 0.894. The Balaban J connectivity index is 2.78. The van der Waals surface area contributed by atoms with Gasteiger partial charge >= 0.3 is 0 Å². The Bertz CT molecular complexity index is 265. The Morgan fingerprint density at radius 1 is 1.38 bits per heavy atom. The van der Waals surface area contributed by atoms with Crippen LogP contribution < -0.4 is 0 Å². The molecule has 1 rings (SSSR count). The molecule has 13 heavy (non-hydrogen) atoms. The summed E-state index contributed by atoms with van der Waals surface area (Å²) >= 11 is 5.33. The van der Waals surface area contributed by atoms with Crippen LogP contribution in [0.1, 0.15) is 19.4 Å². The van der Waals surface area contributed by atoms with E-state index in [9.17, 15) is 0 Å². The van der Waals surface area contributed by atoms with Crippen molar-refractivity contribution in [2.24, 2.45) is 0 Å². The van der Waals surface area contributed by atoms with E-state index < -0.39 is 0 Å². The molecule has 0 aliphatic heterocycles. The molecular formula is C11H14NS. The van der Waals surface area contributed by atoms with Crippen molar-refractivity contribution in [3.63, 3.8) is 0 Å². The zero-order valence-electron chi connectivity index (χ0n) is 8.08. The van der Waals surface area contributed by atoms with Crippen LogP contribution in [0.15, 0.2) is 24.3 Å². The summed E-state index contributed by atoms with van der Waals surface area (Å²) in [6.07, 6.45) is 0. The second-order valence-electron chi connectivity index (χ2n) is 2.75. The molecule has 0 saturated carbocycles. The average Bonchev–Trinajstić information content (AvgIpc) is 2.21. The standard InChI is InChI=1S/C11H14NS/c1-3-12(4-2)11(13)10-8-6-5-7-9-10/h5-8H,3-4H2,1-2H3. The minimum Gasteiger partial charge on any atom is -0.363 e. The summed E-state index contributed by atoms with van der Waals surface area (Å²) in [6.45, 7) is 6.13. The fourth-order valence-corrected chi connectivity index (χ4v) is 1.59. The number of thiocarbonyl (C=S) groups is 1. The first kappa shape index (κ1) is 10.2. The van der Waals surface area contributed by atoms with E-state index in [4.69, 9.17) is 12.2 Å². The molecule has 0 amide bonds. The van der Waals surface area contributed by atoms with Gasteiger partial charge in [-0.2, -0.15) is 0 Å². The van der Waals surface area contributed by atoms with Crippen molar-refractivity contribution in [1.82, 2.24) is 4.90 Å². The third-order valence-corrected chi connectivity index (χ3v) is 2.47. The van der Waals surface area contributed by atoms with E-state index in [0.29, 0.717) is 0 Å². The van der Waals surface area contributed by atoms with Gasteiger partial charge in [-0.05, 0) is 19.9 Å². The molecule has 0 N–H and O–H groups in total. The molecule has 0 aromatic heterocycles. The Morgan fingerprint density at radius 3 is 2.54 bits per heavy atom. The first-order valence-electron chi connectivity index (χ1n) is 4.55. The van der Waals surface area contributed by atoms with Gasteiger partial charge in [-0.1, -0.05) is 36.5 Å².